The van der Waals surface area contributed by atoms with E-state index in [2.05, 4.69) is 33.3 Å². The van der Waals surface area contributed by atoms with E-state index in [9.17, 15) is 4.57 Å². The Kier molecular flexibility index (Phi) is 7.46. The first-order valence-corrected chi connectivity index (χ1v) is 21.1. The van der Waals surface area contributed by atoms with Crippen molar-refractivity contribution < 1.29 is 14.0 Å². The van der Waals surface area contributed by atoms with E-state index >= 15 is 0 Å². The van der Waals surface area contributed by atoms with Crippen LogP contribution in [-0.4, -0.2) is 50.4 Å². The third kappa shape index (κ3) is 4.38. The van der Waals surface area contributed by atoms with Crippen molar-refractivity contribution in [3.05, 3.63) is 42.5 Å². The molecule has 0 spiro atoms. The van der Waals surface area contributed by atoms with E-state index in [0.717, 1.165) is 22.1 Å². The first-order valence-electron chi connectivity index (χ1n) is 9.42. The van der Waals surface area contributed by atoms with Crippen LogP contribution in [-0.2, 0) is 4.57 Å². The molecule has 0 aliphatic carbocycles. The van der Waals surface area contributed by atoms with Crippen LogP contribution in [0.3, 0.4) is 0 Å². The van der Waals surface area contributed by atoms with Crippen LogP contribution in [0.5, 0.6) is 11.5 Å². The minimum atomic E-state index is -3.02. The maximum atomic E-state index is 14.8. The Morgan fingerprint density at radius 1 is 0.963 bits per heavy atom. The Morgan fingerprint density at radius 2 is 1.59 bits per heavy atom. The van der Waals surface area contributed by atoms with Gasteiger partial charge in [0.2, 0.25) is 0 Å². The van der Waals surface area contributed by atoms with Crippen molar-refractivity contribution in [2.24, 2.45) is 0 Å². The molecule has 0 N–H and O–H groups in total. The number of rotatable bonds is 8. The van der Waals surface area contributed by atoms with E-state index in [1.54, 1.807) is 14.2 Å². The van der Waals surface area contributed by atoms with Crippen LogP contribution in [0.2, 0.25) is 14.8 Å². The Balaban J connectivity index is 2.90. The molecule has 0 radical (unpaired) electrons. The van der Waals surface area contributed by atoms with E-state index in [0.29, 0.717) is 13.1 Å². The van der Waals surface area contributed by atoms with Gasteiger partial charge in [-0.05, 0) is 0 Å². The van der Waals surface area contributed by atoms with E-state index in [1.807, 2.05) is 42.5 Å². The normalized spacial score (nSPS) is 14.1. The molecule has 2 aromatic carbocycles. The van der Waals surface area contributed by atoms with Crippen molar-refractivity contribution in [2.45, 2.75) is 28.7 Å². The van der Waals surface area contributed by atoms with Gasteiger partial charge in [-0.1, -0.05) is 0 Å². The molecule has 1 unspecified atom stereocenters. The molecule has 0 fully saturated rings. The number of ether oxygens (including phenoxy) is 2. The molecule has 0 heterocycles. The van der Waals surface area contributed by atoms with E-state index in [1.165, 1.54) is 3.58 Å². The van der Waals surface area contributed by atoms with Gasteiger partial charge in [0.05, 0.1) is 0 Å². The molecule has 0 aromatic heterocycles. The van der Waals surface area contributed by atoms with E-state index < -0.39 is 25.7 Å². The molecule has 0 aliphatic heterocycles. The van der Waals surface area contributed by atoms with E-state index in [-0.39, 0.29) is 0 Å². The Labute approximate surface area is 168 Å². The number of hydrogen-bond acceptors (Lipinski definition) is 3. The summed E-state index contributed by atoms with van der Waals surface area (Å²) in [6.45, 7) is 5.55. The monoisotopic (exact) mass is 497 g/mol. The number of hydrogen-bond donors (Lipinski definition) is 0. The third-order valence-electron chi connectivity index (χ3n) is 4.83. The molecule has 0 saturated carbocycles. The number of methoxy groups -OCH3 is 2. The SMILES string of the molecule is CCN(CC)P(=O)(c1cccc(OC)c1)c1cccc(OC)[c]1[Sn]([CH3])([CH3])[CH3]. The third-order valence-corrected chi connectivity index (χ3v) is 14.6. The van der Waals surface area contributed by atoms with Gasteiger partial charge in [0.15, 0.2) is 0 Å². The van der Waals surface area contributed by atoms with Crippen molar-refractivity contribution in [1.29, 1.82) is 0 Å². The fourth-order valence-corrected chi connectivity index (χ4v) is 15.2. The summed E-state index contributed by atoms with van der Waals surface area (Å²) in [5, 5.41) is 1.75. The molecule has 27 heavy (non-hydrogen) atoms. The van der Waals surface area contributed by atoms with Gasteiger partial charge in [0.1, 0.15) is 0 Å². The second-order valence-electron chi connectivity index (χ2n) is 7.52. The zero-order chi connectivity index (χ0) is 20.2. The second kappa shape index (κ2) is 9.02. The number of benzene rings is 2. The van der Waals surface area contributed by atoms with Crippen LogP contribution in [0.25, 0.3) is 0 Å². The fourth-order valence-electron chi connectivity index (χ4n) is 3.57. The Bertz CT molecular complexity index is 828. The topological polar surface area (TPSA) is 38.8 Å². The van der Waals surface area contributed by atoms with Crippen LogP contribution in [0.4, 0.5) is 0 Å². The molecule has 0 bridgehead atoms. The summed E-state index contributed by atoms with van der Waals surface area (Å²) in [5.41, 5.74) is 0. The predicted octanol–water partition coefficient (Wildman–Crippen LogP) is 3.82. The van der Waals surface area contributed by atoms with Gasteiger partial charge in [-0.25, -0.2) is 0 Å². The molecule has 0 aliphatic rings. The summed E-state index contributed by atoms with van der Waals surface area (Å²) >= 11 is -2.66. The van der Waals surface area contributed by atoms with Crippen LogP contribution >= 0.6 is 7.29 Å². The summed E-state index contributed by atoms with van der Waals surface area (Å²) in [6.07, 6.45) is 0. The average Bonchev–Trinajstić information content (AvgIpc) is 2.67. The zero-order valence-electron chi connectivity index (χ0n) is 17.6. The van der Waals surface area contributed by atoms with Crippen molar-refractivity contribution in [2.75, 3.05) is 27.3 Å². The molecule has 2 rings (SSSR count). The molecule has 6 heteroatoms. The Hall–Kier alpha value is -0.971. The predicted molar refractivity (Wildman–Crippen MR) is 119 cm³/mol. The van der Waals surface area contributed by atoms with Crippen LogP contribution in [0.1, 0.15) is 13.8 Å². The summed E-state index contributed by atoms with van der Waals surface area (Å²) in [5.74, 6) is 1.59. The minimum absolute atomic E-state index is 0.710. The zero-order valence-corrected chi connectivity index (χ0v) is 21.3. The van der Waals surface area contributed by atoms with Gasteiger partial charge in [0.25, 0.3) is 0 Å². The van der Waals surface area contributed by atoms with Crippen molar-refractivity contribution >= 4 is 39.9 Å². The van der Waals surface area contributed by atoms with Gasteiger partial charge >= 0.3 is 169 Å². The summed E-state index contributed by atoms with van der Waals surface area (Å²) in [6, 6.07) is 13.7. The number of nitrogens with zero attached hydrogens (tertiary/aromatic N) is 1. The first-order chi connectivity index (χ1) is 12.7. The molecule has 4 nitrogen and oxygen atoms in total. The Morgan fingerprint density at radius 3 is 2.11 bits per heavy atom. The van der Waals surface area contributed by atoms with E-state index in [4.69, 9.17) is 9.47 Å². The van der Waals surface area contributed by atoms with Gasteiger partial charge in [-0.2, -0.15) is 0 Å². The molecular weight excluding hydrogens is 464 g/mol. The van der Waals surface area contributed by atoms with Crippen molar-refractivity contribution in [3.8, 4) is 11.5 Å². The average molecular weight is 496 g/mol. The summed E-state index contributed by atoms with van der Waals surface area (Å²) in [4.78, 5) is 7.02. The van der Waals surface area contributed by atoms with Crippen LogP contribution in [0, 0.1) is 0 Å². The molecule has 0 amide bonds. The van der Waals surface area contributed by atoms with Gasteiger partial charge < -0.3 is 0 Å². The first kappa shape index (κ1) is 22.3. The molecule has 1 atom stereocenters. The van der Waals surface area contributed by atoms with Crippen molar-refractivity contribution in [1.82, 2.24) is 4.67 Å². The molecule has 0 saturated heterocycles. The standard InChI is InChI=1S/C18H23NO3P.3CH3.Sn/c1-5-19(6-2)23(20,17-11-7-9-15(13-17)21-3)18-12-8-10-16(14-18)22-4;;;;/h7-13H,5-6H2,1-4H3;3*1H3;. The molecular formula is C21H32NO3PSn. The van der Waals surface area contributed by atoms with Crippen LogP contribution in [0.15, 0.2) is 42.5 Å². The summed E-state index contributed by atoms with van der Waals surface area (Å²) in [7, 11) is 0.323. The second-order valence-corrected chi connectivity index (χ2v) is 24.5. The quantitative estimate of drug-likeness (QED) is 0.412. The van der Waals surface area contributed by atoms with Gasteiger partial charge in [-0.15, -0.1) is 0 Å². The summed E-state index contributed by atoms with van der Waals surface area (Å²) < 4.78 is 29.3. The van der Waals surface area contributed by atoms with Crippen LogP contribution < -0.4 is 23.7 Å². The van der Waals surface area contributed by atoms with Gasteiger partial charge in [-0.3, -0.25) is 0 Å². The van der Waals surface area contributed by atoms with Crippen molar-refractivity contribution in [3.63, 3.8) is 0 Å². The van der Waals surface area contributed by atoms with Gasteiger partial charge in [0, 0.05) is 0 Å². The molecule has 2 aromatic rings. The molecule has 148 valence electrons. The fraction of sp³-hybridized carbons (Fsp3) is 0.429. The maximum absolute atomic E-state index is 14.8.